The van der Waals surface area contributed by atoms with Gasteiger partial charge in [0.1, 0.15) is 10.7 Å². The summed E-state index contributed by atoms with van der Waals surface area (Å²) in [5.41, 5.74) is 4.42. The molecule has 0 aliphatic heterocycles. The molecule has 0 spiro atoms. The Morgan fingerprint density at radius 2 is 1.87 bits per heavy atom. The normalized spacial score (nSPS) is 10.9. The predicted octanol–water partition coefficient (Wildman–Crippen LogP) is 5.25. The lowest BCUT2D eigenvalue weighted by Gasteiger charge is -2.09. The average molecular weight is 429 g/mol. The maximum Gasteiger partial charge on any atom is 0.161 e. The van der Waals surface area contributed by atoms with Gasteiger partial charge in [-0.25, -0.2) is 9.67 Å². The summed E-state index contributed by atoms with van der Waals surface area (Å²) < 4.78 is 12.7. The molecule has 4 rings (SSSR count). The zero-order chi connectivity index (χ0) is 21.6. The van der Waals surface area contributed by atoms with E-state index in [9.17, 15) is 0 Å². The van der Waals surface area contributed by atoms with Gasteiger partial charge in [0.25, 0.3) is 0 Å². The van der Waals surface area contributed by atoms with E-state index in [-0.39, 0.29) is 0 Å². The number of hydrogen-bond acceptors (Lipinski definition) is 6. The van der Waals surface area contributed by atoms with Gasteiger partial charge in [0.15, 0.2) is 11.5 Å². The summed E-state index contributed by atoms with van der Waals surface area (Å²) in [6.45, 7) is 0. The van der Waals surface area contributed by atoms with Crippen LogP contribution < -0.4 is 9.47 Å². The number of para-hydroxylation sites is 1. The highest BCUT2D eigenvalue weighted by atomic mass is 32.1. The first-order valence-corrected chi connectivity index (χ1v) is 10.5. The number of methoxy groups -OCH3 is 2. The quantitative estimate of drug-likeness (QED) is 0.402. The lowest BCUT2D eigenvalue weighted by molar-refractivity contribution is 0.355. The molecule has 0 fully saturated rings. The number of rotatable bonds is 7. The molecule has 0 saturated carbocycles. The fourth-order valence-corrected chi connectivity index (χ4v) is 3.86. The second-order valence-electron chi connectivity index (χ2n) is 6.63. The van der Waals surface area contributed by atoms with Crippen LogP contribution >= 0.6 is 11.3 Å². The molecule has 7 heteroatoms. The maximum absolute atomic E-state index is 8.86. The fourth-order valence-electron chi connectivity index (χ4n) is 3.15. The summed E-state index contributed by atoms with van der Waals surface area (Å²) in [6.07, 6.45) is 6.24. The van der Waals surface area contributed by atoms with Crippen molar-refractivity contribution in [2.24, 2.45) is 0 Å². The highest BCUT2D eigenvalue weighted by Gasteiger charge is 2.14. The number of thiazole rings is 1. The topological polar surface area (TPSA) is 73.0 Å². The molecule has 0 bridgehead atoms. The minimum absolute atomic E-state index is 0.313. The van der Waals surface area contributed by atoms with Crippen LogP contribution in [0.1, 0.15) is 16.3 Å². The van der Waals surface area contributed by atoms with E-state index in [1.54, 1.807) is 14.2 Å². The molecule has 0 amide bonds. The third-order valence-electron chi connectivity index (χ3n) is 4.66. The third-order valence-corrected chi connectivity index (χ3v) is 5.51. The predicted molar refractivity (Wildman–Crippen MR) is 122 cm³/mol. The molecule has 0 aliphatic carbocycles. The molecular formula is C24H20N4O2S. The Morgan fingerprint density at radius 1 is 1.06 bits per heavy atom. The largest absolute Gasteiger partial charge is 0.493 e. The van der Waals surface area contributed by atoms with Crippen molar-refractivity contribution < 1.29 is 9.47 Å². The van der Waals surface area contributed by atoms with E-state index in [1.807, 2.05) is 76.9 Å². The van der Waals surface area contributed by atoms with E-state index in [4.69, 9.17) is 19.8 Å². The second-order valence-corrected chi connectivity index (χ2v) is 7.52. The molecule has 0 radical (unpaired) electrons. The van der Waals surface area contributed by atoms with Crippen LogP contribution in [0.25, 0.3) is 29.1 Å². The number of ether oxygens (including phenoxy) is 2. The average Bonchev–Trinajstić information content (AvgIpc) is 3.45. The summed E-state index contributed by atoms with van der Waals surface area (Å²) in [6, 6.07) is 17.8. The maximum atomic E-state index is 8.86. The van der Waals surface area contributed by atoms with Crippen molar-refractivity contribution in [1.82, 2.24) is 14.8 Å². The van der Waals surface area contributed by atoms with Gasteiger partial charge in [-0.3, -0.25) is 0 Å². The Balaban J connectivity index is 1.77. The summed E-state index contributed by atoms with van der Waals surface area (Å²) >= 11 is 1.51. The lowest BCUT2D eigenvalue weighted by atomic mass is 10.1. The number of nitriles is 1. The van der Waals surface area contributed by atoms with E-state index in [2.05, 4.69) is 11.1 Å². The van der Waals surface area contributed by atoms with Gasteiger partial charge in [-0.2, -0.15) is 10.4 Å². The number of hydrogen-bond donors (Lipinski definition) is 0. The minimum Gasteiger partial charge on any atom is -0.493 e. The van der Waals surface area contributed by atoms with Gasteiger partial charge >= 0.3 is 0 Å². The van der Waals surface area contributed by atoms with Crippen molar-refractivity contribution in [3.8, 4) is 34.5 Å². The second kappa shape index (κ2) is 9.28. The Morgan fingerprint density at radius 3 is 2.61 bits per heavy atom. The molecular weight excluding hydrogens is 408 g/mol. The first-order chi connectivity index (χ1) is 15.2. The molecule has 4 aromatic rings. The molecule has 0 aliphatic rings. The van der Waals surface area contributed by atoms with Gasteiger partial charge in [0.2, 0.25) is 0 Å². The Hall–Kier alpha value is -3.89. The smallest absolute Gasteiger partial charge is 0.161 e. The van der Waals surface area contributed by atoms with Crippen molar-refractivity contribution in [2.75, 3.05) is 14.2 Å². The highest BCUT2D eigenvalue weighted by Crippen LogP contribution is 2.34. The van der Waals surface area contributed by atoms with Crippen LogP contribution in [0.3, 0.4) is 0 Å². The van der Waals surface area contributed by atoms with Gasteiger partial charge in [-0.05, 0) is 42.5 Å². The summed E-state index contributed by atoms with van der Waals surface area (Å²) in [5.74, 6) is 1.31. The Kier molecular flexibility index (Phi) is 6.11. The molecule has 154 valence electrons. The molecule has 31 heavy (non-hydrogen) atoms. The van der Waals surface area contributed by atoms with E-state index in [0.29, 0.717) is 17.9 Å². The van der Waals surface area contributed by atoms with E-state index < -0.39 is 0 Å². The molecule has 0 saturated heterocycles. The van der Waals surface area contributed by atoms with E-state index in [0.717, 1.165) is 33.2 Å². The Bertz CT molecular complexity index is 1250. The van der Waals surface area contributed by atoms with Crippen LogP contribution in [-0.2, 0) is 6.42 Å². The molecule has 0 atom stereocenters. The fraction of sp³-hybridized carbons (Fsp3) is 0.125. The zero-order valence-corrected chi connectivity index (χ0v) is 18.0. The first-order valence-electron chi connectivity index (χ1n) is 9.58. The molecule has 0 N–H and O–H groups in total. The molecule has 0 unspecified atom stereocenters. The van der Waals surface area contributed by atoms with Crippen molar-refractivity contribution >= 4 is 23.5 Å². The van der Waals surface area contributed by atoms with Gasteiger partial charge in [0, 0.05) is 22.7 Å². The first kappa shape index (κ1) is 20.4. The number of aromatic nitrogens is 3. The van der Waals surface area contributed by atoms with Crippen molar-refractivity contribution in [2.45, 2.75) is 6.42 Å². The molecule has 2 heterocycles. The van der Waals surface area contributed by atoms with Crippen LogP contribution in [0.4, 0.5) is 0 Å². The van der Waals surface area contributed by atoms with Crippen LogP contribution in [0.5, 0.6) is 11.5 Å². The van der Waals surface area contributed by atoms with Crippen LogP contribution in [0, 0.1) is 11.3 Å². The van der Waals surface area contributed by atoms with E-state index >= 15 is 0 Å². The Labute approximate surface area is 184 Å². The SMILES string of the molecule is COc1ccc(-c2nn(-c3ccccc3)cc2/C=C/c2nc(CC#N)cs2)cc1OC. The highest BCUT2D eigenvalue weighted by molar-refractivity contribution is 7.10. The van der Waals surface area contributed by atoms with Crippen LogP contribution in [0.2, 0.25) is 0 Å². The molecule has 2 aromatic heterocycles. The zero-order valence-electron chi connectivity index (χ0n) is 17.1. The monoisotopic (exact) mass is 428 g/mol. The number of benzene rings is 2. The van der Waals surface area contributed by atoms with Crippen molar-refractivity contribution in [1.29, 1.82) is 5.26 Å². The lowest BCUT2D eigenvalue weighted by Crippen LogP contribution is -1.94. The minimum atomic E-state index is 0.313. The van der Waals surface area contributed by atoms with Crippen LogP contribution in [0.15, 0.2) is 60.1 Å². The van der Waals surface area contributed by atoms with Gasteiger partial charge in [-0.1, -0.05) is 18.2 Å². The molecule has 6 nitrogen and oxygen atoms in total. The van der Waals surface area contributed by atoms with Crippen molar-refractivity contribution in [3.05, 3.63) is 76.4 Å². The molecule has 2 aromatic carbocycles. The van der Waals surface area contributed by atoms with Gasteiger partial charge in [0.05, 0.1) is 38.1 Å². The number of nitrogens with zero attached hydrogens (tertiary/aromatic N) is 4. The van der Waals surface area contributed by atoms with Gasteiger partial charge in [-0.15, -0.1) is 11.3 Å². The van der Waals surface area contributed by atoms with Gasteiger partial charge < -0.3 is 9.47 Å². The van der Waals surface area contributed by atoms with E-state index in [1.165, 1.54) is 11.3 Å². The third kappa shape index (κ3) is 4.49. The summed E-state index contributed by atoms with van der Waals surface area (Å²) in [5, 5.41) is 16.4. The van der Waals surface area contributed by atoms with Crippen LogP contribution in [-0.4, -0.2) is 29.0 Å². The summed E-state index contributed by atoms with van der Waals surface area (Å²) in [4.78, 5) is 4.48. The summed E-state index contributed by atoms with van der Waals surface area (Å²) in [7, 11) is 3.23. The van der Waals surface area contributed by atoms with Crippen molar-refractivity contribution in [3.63, 3.8) is 0 Å². The standard InChI is InChI=1S/C24H20N4O2S/c1-29-21-10-8-17(14-22(21)30-2)24-18(9-11-23-26-19(12-13-25)16-31-23)15-28(27-24)20-6-4-3-5-7-20/h3-11,14-16H,12H2,1-2H3/b11-9+.